The summed E-state index contributed by atoms with van der Waals surface area (Å²) in [5.74, 6) is -0.375. The molecule has 2 aromatic rings. The first-order valence-corrected chi connectivity index (χ1v) is 11.4. The molecular formula is C23H28FN7O2. The molecule has 0 bridgehead atoms. The maximum Gasteiger partial charge on any atom is 0.233 e. The number of hydrogen-bond donors (Lipinski definition) is 1. The second-order valence-electron chi connectivity index (χ2n) is 9.31. The second kappa shape index (κ2) is 8.42. The smallest absolute Gasteiger partial charge is 0.233 e. The maximum atomic E-state index is 14.5. The highest BCUT2D eigenvalue weighted by Crippen LogP contribution is 2.45. The molecule has 33 heavy (non-hydrogen) atoms. The minimum Gasteiger partial charge on any atom is -0.387 e. The number of aromatic nitrogens is 5. The summed E-state index contributed by atoms with van der Waals surface area (Å²) in [6.07, 6.45) is 6.09. The van der Waals surface area contributed by atoms with E-state index in [1.165, 1.54) is 24.2 Å². The minimum atomic E-state index is -0.878. The molecule has 4 heterocycles. The van der Waals surface area contributed by atoms with Crippen molar-refractivity contribution in [3.8, 4) is 5.82 Å². The van der Waals surface area contributed by atoms with Crippen LogP contribution in [0.25, 0.3) is 5.82 Å². The highest BCUT2D eigenvalue weighted by atomic mass is 19.1. The summed E-state index contributed by atoms with van der Waals surface area (Å²) in [7, 11) is 0. The number of likely N-dealkylation sites (tertiary alicyclic amines) is 2. The van der Waals surface area contributed by atoms with Crippen LogP contribution in [0.5, 0.6) is 0 Å². The molecule has 1 spiro atoms. The van der Waals surface area contributed by atoms with Crippen molar-refractivity contribution in [2.75, 3.05) is 26.2 Å². The fourth-order valence-corrected chi connectivity index (χ4v) is 5.30. The molecule has 1 aliphatic carbocycles. The molecule has 9 nitrogen and oxygen atoms in total. The Morgan fingerprint density at radius 1 is 1.24 bits per heavy atom. The van der Waals surface area contributed by atoms with Gasteiger partial charge in [-0.05, 0) is 74.2 Å². The summed E-state index contributed by atoms with van der Waals surface area (Å²) in [5.41, 5.74) is 3.56. The van der Waals surface area contributed by atoms with E-state index in [0.717, 1.165) is 67.7 Å². The first-order valence-electron chi connectivity index (χ1n) is 11.4. The number of rotatable bonds is 5. The quantitative estimate of drug-likeness (QED) is 0.741. The molecule has 174 valence electrons. The fourth-order valence-electron chi connectivity index (χ4n) is 5.30. The largest absolute Gasteiger partial charge is 0.387 e. The standard InChI is InChI=1S/C23H28FN7O2/c1-15-3-4-19(16(15)2)30-10-7-23(22(30)33)5-8-29(9-6-23)13-20(32)17-11-18(24)21(25-12-17)31-14-26-27-28-31/h11-12,14,20,32H,1,3-10,13H2,2H3. The molecule has 2 saturated heterocycles. The van der Waals surface area contributed by atoms with Gasteiger partial charge in [-0.1, -0.05) is 12.2 Å². The lowest BCUT2D eigenvalue weighted by atomic mass is 9.77. The Morgan fingerprint density at radius 2 is 2.00 bits per heavy atom. The second-order valence-corrected chi connectivity index (χ2v) is 9.31. The lowest BCUT2D eigenvalue weighted by Gasteiger charge is -2.38. The van der Waals surface area contributed by atoms with Gasteiger partial charge in [-0.2, -0.15) is 4.68 Å². The van der Waals surface area contributed by atoms with E-state index >= 15 is 0 Å². The molecule has 2 fully saturated rings. The van der Waals surface area contributed by atoms with E-state index in [2.05, 4.69) is 38.9 Å². The zero-order valence-electron chi connectivity index (χ0n) is 18.7. The van der Waals surface area contributed by atoms with Crippen molar-refractivity contribution in [2.45, 2.75) is 45.1 Å². The van der Waals surface area contributed by atoms with Crippen molar-refractivity contribution in [3.63, 3.8) is 0 Å². The van der Waals surface area contributed by atoms with E-state index < -0.39 is 11.9 Å². The summed E-state index contributed by atoms with van der Waals surface area (Å²) in [6, 6.07) is 1.27. The summed E-state index contributed by atoms with van der Waals surface area (Å²) >= 11 is 0. The average Bonchev–Trinajstić information content (AvgIpc) is 3.53. The van der Waals surface area contributed by atoms with E-state index in [1.807, 2.05) is 4.90 Å². The number of carbonyl (C=O) groups excluding carboxylic acids is 1. The molecule has 2 aromatic heterocycles. The molecule has 0 radical (unpaired) electrons. The number of pyridine rings is 1. The van der Waals surface area contributed by atoms with E-state index in [-0.39, 0.29) is 17.1 Å². The number of halogens is 1. The molecular weight excluding hydrogens is 425 g/mol. The average molecular weight is 454 g/mol. The van der Waals surface area contributed by atoms with Crippen LogP contribution in [-0.4, -0.2) is 72.2 Å². The summed E-state index contributed by atoms with van der Waals surface area (Å²) in [4.78, 5) is 21.6. The van der Waals surface area contributed by atoms with E-state index in [4.69, 9.17) is 0 Å². The number of piperidine rings is 1. The van der Waals surface area contributed by atoms with Gasteiger partial charge in [-0.15, -0.1) is 5.10 Å². The molecule has 1 atom stereocenters. The van der Waals surface area contributed by atoms with Crippen LogP contribution in [0.4, 0.5) is 4.39 Å². The van der Waals surface area contributed by atoms with Gasteiger partial charge in [0.2, 0.25) is 5.91 Å². The van der Waals surface area contributed by atoms with Crippen molar-refractivity contribution in [2.24, 2.45) is 5.41 Å². The molecule has 1 N–H and O–H groups in total. The fraction of sp³-hybridized carbons (Fsp3) is 0.522. The zero-order valence-corrected chi connectivity index (χ0v) is 18.7. The van der Waals surface area contributed by atoms with Crippen LogP contribution in [0.2, 0.25) is 0 Å². The number of amides is 1. The third-order valence-corrected chi connectivity index (χ3v) is 7.50. The third-order valence-electron chi connectivity index (χ3n) is 7.50. The van der Waals surface area contributed by atoms with E-state index in [1.54, 1.807) is 0 Å². The van der Waals surface area contributed by atoms with Gasteiger partial charge in [0.15, 0.2) is 11.6 Å². The molecule has 10 heteroatoms. The lowest BCUT2D eigenvalue weighted by molar-refractivity contribution is -0.137. The Hall–Kier alpha value is -2.98. The molecule has 3 aliphatic rings. The predicted molar refractivity (Wildman–Crippen MR) is 117 cm³/mol. The van der Waals surface area contributed by atoms with E-state index in [0.29, 0.717) is 12.1 Å². The van der Waals surface area contributed by atoms with Gasteiger partial charge in [0.05, 0.1) is 11.5 Å². The molecule has 5 rings (SSSR count). The molecule has 2 aliphatic heterocycles. The van der Waals surface area contributed by atoms with Gasteiger partial charge >= 0.3 is 0 Å². The van der Waals surface area contributed by atoms with Gasteiger partial charge in [0.25, 0.3) is 0 Å². The van der Waals surface area contributed by atoms with Crippen molar-refractivity contribution < 1.29 is 14.3 Å². The van der Waals surface area contributed by atoms with Crippen molar-refractivity contribution in [1.29, 1.82) is 0 Å². The summed E-state index contributed by atoms with van der Waals surface area (Å²) in [6.45, 7) is 8.76. The van der Waals surface area contributed by atoms with Crippen molar-refractivity contribution in [3.05, 3.63) is 53.4 Å². The number of β-amino-alcohol motifs (C(OH)–C–C–N with tert-alkyl or cyclic N) is 1. The van der Waals surface area contributed by atoms with E-state index in [9.17, 15) is 14.3 Å². The Kier molecular flexibility index (Phi) is 5.57. The Bertz CT molecular complexity index is 1110. The SMILES string of the molecule is C=C1CCC(N2CCC3(CCN(CC(O)c4cnc(-n5cnnn5)c(F)c4)CC3)C2=O)=C1C. The Morgan fingerprint density at radius 3 is 2.64 bits per heavy atom. The van der Waals surface area contributed by atoms with Crippen LogP contribution in [0, 0.1) is 11.2 Å². The Labute approximate surface area is 191 Å². The maximum absolute atomic E-state index is 14.5. The zero-order chi connectivity index (χ0) is 23.2. The number of tetrazole rings is 1. The topological polar surface area (TPSA) is 100 Å². The van der Waals surface area contributed by atoms with Gasteiger partial charge in [0.1, 0.15) is 6.33 Å². The molecule has 0 aromatic carbocycles. The van der Waals surface area contributed by atoms with Crippen molar-refractivity contribution in [1.82, 2.24) is 35.0 Å². The van der Waals surface area contributed by atoms with Crippen LogP contribution < -0.4 is 0 Å². The van der Waals surface area contributed by atoms with Gasteiger partial charge in [0, 0.05) is 30.5 Å². The number of allylic oxidation sites excluding steroid dienone is 3. The van der Waals surface area contributed by atoms with Crippen LogP contribution >= 0.6 is 0 Å². The number of hydrogen-bond acceptors (Lipinski definition) is 7. The third kappa shape index (κ3) is 3.87. The first kappa shape index (κ1) is 21.8. The van der Waals surface area contributed by atoms with Crippen LogP contribution in [-0.2, 0) is 4.79 Å². The Balaban J connectivity index is 1.20. The van der Waals surface area contributed by atoms with Gasteiger partial charge in [-0.3, -0.25) is 4.79 Å². The summed E-state index contributed by atoms with van der Waals surface area (Å²) < 4.78 is 15.6. The number of aliphatic hydroxyl groups excluding tert-OH is 1. The number of nitrogens with zero attached hydrogens (tertiary/aromatic N) is 7. The molecule has 1 amide bonds. The summed E-state index contributed by atoms with van der Waals surface area (Å²) in [5, 5.41) is 21.3. The van der Waals surface area contributed by atoms with Crippen LogP contribution in [0.15, 0.2) is 42.0 Å². The highest BCUT2D eigenvalue weighted by Gasteiger charge is 2.49. The lowest BCUT2D eigenvalue weighted by Crippen LogP contribution is -2.45. The van der Waals surface area contributed by atoms with Crippen LogP contribution in [0.1, 0.15) is 50.7 Å². The van der Waals surface area contributed by atoms with Gasteiger partial charge < -0.3 is 14.9 Å². The minimum absolute atomic E-state index is 0.0173. The van der Waals surface area contributed by atoms with Crippen molar-refractivity contribution >= 4 is 5.91 Å². The highest BCUT2D eigenvalue weighted by molar-refractivity contribution is 5.87. The van der Waals surface area contributed by atoms with Crippen LogP contribution in [0.3, 0.4) is 0 Å². The number of aliphatic hydroxyl groups is 1. The molecule has 0 saturated carbocycles. The predicted octanol–water partition coefficient (Wildman–Crippen LogP) is 2.17. The first-order chi connectivity index (χ1) is 15.9. The number of carbonyl (C=O) groups is 1. The molecule has 1 unspecified atom stereocenters. The van der Waals surface area contributed by atoms with Gasteiger partial charge in [-0.25, -0.2) is 9.37 Å². The monoisotopic (exact) mass is 453 g/mol. The normalized spacial score (nSPS) is 22.1.